The molecule has 23 heavy (non-hydrogen) atoms. The number of hydrogen-bond acceptors (Lipinski definition) is 5. The maximum absolute atomic E-state index is 12.2. The minimum absolute atomic E-state index is 0.0326. The van der Waals surface area contributed by atoms with Crippen LogP contribution in [0.5, 0.6) is 0 Å². The van der Waals surface area contributed by atoms with Gasteiger partial charge < -0.3 is 9.42 Å². The van der Waals surface area contributed by atoms with Crippen molar-refractivity contribution in [1.29, 1.82) is 0 Å². The predicted molar refractivity (Wildman–Crippen MR) is 90.3 cm³/mol. The lowest BCUT2D eigenvalue weighted by atomic mass is 10.1. The van der Waals surface area contributed by atoms with Crippen molar-refractivity contribution in [2.24, 2.45) is 0 Å². The Morgan fingerprint density at radius 2 is 2.17 bits per heavy atom. The molecule has 0 aliphatic carbocycles. The average Bonchev–Trinajstić information content (AvgIpc) is 3.16. The van der Waals surface area contributed by atoms with Gasteiger partial charge in [-0.05, 0) is 11.8 Å². The van der Waals surface area contributed by atoms with Crippen molar-refractivity contribution >= 4 is 17.7 Å². The molecule has 1 aliphatic rings. The molecule has 1 fully saturated rings. The first-order valence-electron chi connectivity index (χ1n) is 7.81. The first-order chi connectivity index (χ1) is 11.2. The number of nitrogens with zero attached hydrogens (tertiary/aromatic N) is 3. The quantitative estimate of drug-likeness (QED) is 0.814. The fraction of sp³-hybridized carbons (Fsp3) is 0.471. The summed E-state index contributed by atoms with van der Waals surface area (Å²) in [4.78, 5) is 18.6. The largest absolute Gasteiger partial charge is 0.339 e. The number of aromatic nitrogens is 2. The highest BCUT2D eigenvalue weighted by Crippen LogP contribution is 2.28. The van der Waals surface area contributed by atoms with Crippen LogP contribution in [0.25, 0.3) is 0 Å². The third-order valence-electron chi connectivity index (χ3n) is 4.09. The van der Waals surface area contributed by atoms with Crippen LogP contribution in [0.1, 0.15) is 42.5 Å². The van der Waals surface area contributed by atoms with Gasteiger partial charge in [0, 0.05) is 37.1 Å². The summed E-state index contributed by atoms with van der Waals surface area (Å²) in [6.45, 7) is 3.38. The second-order valence-electron chi connectivity index (χ2n) is 6.01. The topological polar surface area (TPSA) is 59.2 Å². The molecule has 0 N–H and O–H groups in total. The van der Waals surface area contributed by atoms with Crippen molar-refractivity contribution < 1.29 is 9.32 Å². The standard InChI is InChI=1S/C17H21N3O2S/c1-12(11-23-2)17-18-16(19-22-17)14-8-15(21)20(10-14)9-13-6-4-3-5-7-13/h3-7,12,14H,8-11H2,1-2H3/t12-,14-/m1/s1. The van der Waals surface area contributed by atoms with Gasteiger partial charge in [-0.2, -0.15) is 16.7 Å². The number of carbonyl (C=O) groups excluding carboxylic acids is 1. The van der Waals surface area contributed by atoms with E-state index in [4.69, 9.17) is 4.52 Å². The maximum atomic E-state index is 12.2. The summed E-state index contributed by atoms with van der Waals surface area (Å²) in [7, 11) is 0. The van der Waals surface area contributed by atoms with Gasteiger partial charge in [-0.3, -0.25) is 4.79 Å². The molecule has 1 aromatic carbocycles. The van der Waals surface area contributed by atoms with E-state index in [0.717, 1.165) is 11.3 Å². The monoisotopic (exact) mass is 331 g/mol. The molecular formula is C17H21N3O2S. The molecule has 2 aromatic rings. The lowest BCUT2D eigenvalue weighted by molar-refractivity contribution is -0.128. The Morgan fingerprint density at radius 3 is 2.91 bits per heavy atom. The zero-order valence-corrected chi connectivity index (χ0v) is 14.3. The summed E-state index contributed by atoms with van der Waals surface area (Å²) in [6.07, 6.45) is 2.52. The first kappa shape index (κ1) is 16.1. The van der Waals surface area contributed by atoms with Gasteiger partial charge in [0.05, 0.1) is 0 Å². The summed E-state index contributed by atoms with van der Waals surface area (Å²) in [5, 5.41) is 4.10. The third kappa shape index (κ3) is 3.75. The Balaban J connectivity index is 1.65. The van der Waals surface area contributed by atoms with Crippen LogP contribution in [0.3, 0.4) is 0 Å². The molecule has 5 nitrogen and oxygen atoms in total. The van der Waals surface area contributed by atoms with E-state index >= 15 is 0 Å². The molecule has 1 aliphatic heterocycles. The van der Waals surface area contributed by atoms with Crippen molar-refractivity contribution in [3.05, 3.63) is 47.6 Å². The molecule has 0 radical (unpaired) electrons. The highest BCUT2D eigenvalue weighted by Gasteiger charge is 2.33. The molecule has 1 saturated heterocycles. The Hall–Kier alpha value is -1.82. The summed E-state index contributed by atoms with van der Waals surface area (Å²) in [5.41, 5.74) is 1.14. The zero-order valence-electron chi connectivity index (χ0n) is 13.4. The highest BCUT2D eigenvalue weighted by atomic mass is 32.2. The van der Waals surface area contributed by atoms with Crippen LogP contribution in [-0.4, -0.2) is 39.5 Å². The van der Waals surface area contributed by atoms with Gasteiger partial charge in [0.1, 0.15) is 0 Å². The summed E-state index contributed by atoms with van der Waals surface area (Å²) < 4.78 is 5.38. The van der Waals surface area contributed by atoms with E-state index in [1.54, 1.807) is 11.8 Å². The average molecular weight is 331 g/mol. The lowest BCUT2D eigenvalue weighted by Crippen LogP contribution is -2.24. The van der Waals surface area contributed by atoms with E-state index in [-0.39, 0.29) is 17.7 Å². The van der Waals surface area contributed by atoms with Gasteiger partial charge in [-0.25, -0.2) is 0 Å². The smallest absolute Gasteiger partial charge is 0.230 e. The van der Waals surface area contributed by atoms with Gasteiger partial charge in [-0.1, -0.05) is 42.4 Å². The fourth-order valence-electron chi connectivity index (χ4n) is 2.84. The van der Waals surface area contributed by atoms with Gasteiger partial charge in [0.15, 0.2) is 5.82 Å². The van der Waals surface area contributed by atoms with Gasteiger partial charge in [0.2, 0.25) is 11.8 Å². The van der Waals surface area contributed by atoms with Gasteiger partial charge >= 0.3 is 0 Å². The second kappa shape index (κ2) is 7.17. The number of carbonyl (C=O) groups is 1. The Morgan fingerprint density at radius 1 is 1.39 bits per heavy atom. The number of rotatable bonds is 6. The van der Waals surface area contributed by atoms with Crippen molar-refractivity contribution in [1.82, 2.24) is 15.0 Å². The maximum Gasteiger partial charge on any atom is 0.230 e. The Labute approximate surface area is 140 Å². The molecule has 6 heteroatoms. The molecule has 122 valence electrons. The van der Waals surface area contributed by atoms with Crippen molar-refractivity contribution in [3.8, 4) is 0 Å². The van der Waals surface area contributed by atoms with Crippen LogP contribution in [-0.2, 0) is 11.3 Å². The van der Waals surface area contributed by atoms with E-state index in [2.05, 4.69) is 23.3 Å². The minimum atomic E-state index is 0.0326. The van der Waals surface area contributed by atoms with Crippen LogP contribution in [0.2, 0.25) is 0 Å². The summed E-state index contributed by atoms with van der Waals surface area (Å²) >= 11 is 1.76. The molecule has 0 unspecified atom stereocenters. The molecule has 3 rings (SSSR count). The predicted octanol–water partition coefficient (Wildman–Crippen LogP) is 3.05. The molecule has 2 heterocycles. The molecular weight excluding hydrogens is 310 g/mol. The van der Waals surface area contributed by atoms with Gasteiger partial charge in [0.25, 0.3) is 0 Å². The van der Waals surface area contributed by atoms with Crippen molar-refractivity contribution in [2.45, 2.75) is 31.7 Å². The number of amides is 1. The minimum Gasteiger partial charge on any atom is -0.339 e. The Kier molecular flexibility index (Phi) is 5.00. The lowest BCUT2D eigenvalue weighted by Gasteiger charge is -2.15. The number of likely N-dealkylation sites (tertiary alicyclic amines) is 1. The molecule has 0 saturated carbocycles. The molecule has 1 aromatic heterocycles. The molecule has 2 atom stereocenters. The van der Waals surface area contributed by atoms with Crippen LogP contribution >= 0.6 is 11.8 Å². The Bertz CT molecular complexity index is 659. The van der Waals surface area contributed by atoms with Crippen LogP contribution in [0, 0.1) is 0 Å². The van der Waals surface area contributed by atoms with E-state index in [1.165, 1.54) is 0 Å². The SMILES string of the molecule is CSC[C@@H](C)c1nc([C@@H]2CC(=O)N(Cc3ccccc3)C2)no1. The van der Waals surface area contributed by atoms with Crippen molar-refractivity contribution in [3.63, 3.8) is 0 Å². The normalized spacial score (nSPS) is 19.3. The molecule has 1 amide bonds. The highest BCUT2D eigenvalue weighted by molar-refractivity contribution is 7.98. The summed E-state index contributed by atoms with van der Waals surface area (Å²) in [5.74, 6) is 2.71. The molecule has 0 bridgehead atoms. The first-order valence-corrected chi connectivity index (χ1v) is 9.21. The second-order valence-corrected chi connectivity index (χ2v) is 6.92. The summed E-state index contributed by atoms with van der Waals surface area (Å²) in [6, 6.07) is 10.0. The third-order valence-corrected chi connectivity index (χ3v) is 4.92. The van der Waals surface area contributed by atoms with Crippen LogP contribution in [0.4, 0.5) is 0 Å². The van der Waals surface area contributed by atoms with Crippen molar-refractivity contribution in [2.75, 3.05) is 18.6 Å². The van der Waals surface area contributed by atoms with Crippen LogP contribution < -0.4 is 0 Å². The van der Waals surface area contributed by atoms with E-state index in [0.29, 0.717) is 31.2 Å². The number of benzene rings is 1. The van der Waals surface area contributed by atoms with E-state index in [1.807, 2.05) is 35.2 Å². The van der Waals surface area contributed by atoms with E-state index in [9.17, 15) is 4.79 Å². The van der Waals surface area contributed by atoms with Gasteiger partial charge in [-0.15, -0.1) is 0 Å². The van der Waals surface area contributed by atoms with E-state index < -0.39 is 0 Å². The number of thioether (sulfide) groups is 1. The zero-order chi connectivity index (χ0) is 16.2. The number of hydrogen-bond donors (Lipinski definition) is 0. The molecule has 0 spiro atoms. The van der Waals surface area contributed by atoms with Crippen LogP contribution in [0.15, 0.2) is 34.9 Å². The fourth-order valence-corrected chi connectivity index (χ4v) is 3.48.